The molecule has 7 rings (SSSR count). The maximum Gasteiger partial charge on any atom is 0.181 e. The zero-order valence-electron chi connectivity index (χ0n) is 24.9. The molecule has 0 atom stereocenters. The van der Waals surface area contributed by atoms with Crippen molar-refractivity contribution in [3.05, 3.63) is 120 Å². The van der Waals surface area contributed by atoms with Crippen LogP contribution in [0.2, 0.25) is 0 Å². The van der Waals surface area contributed by atoms with Gasteiger partial charge in [-0.1, -0.05) is 62.4 Å². The van der Waals surface area contributed by atoms with E-state index in [4.69, 9.17) is 20.3 Å². The second kappa shape index (κ2) is 10.9. The molecule has 5 aromatic heterocycles. The van der Waals surface area contributed by atoms with Gasteiger partial charge in [-0.15, -0.1) is 0 Å². The number of hydrogen-bond acceptors (Lipinski definition) is 5. The van der Waals surface area contributed by atoms with Crippen molar-refractivity contribution in [1.29, 1.82) is 0 Å². The van der Waals surface area contributed by atoms with Crippen LogP contribution in [0.25, 0.3) is 38.9 Å². The van der Waals surface area contributed by atoms with E-state index >= 15 is 0 Å². The highest BCUT2D eigenvalue weighted by atomic mass is 15.3. The Balaban J connectivity index is 1.28. The maximum atomic E-state index is 5.27. The summed E-state index contributed by atoms with van der Waals surface area (Å²) in [6.45, 7) is 10.1. The van der Waals surface area contributed by atoms with Crippen molar-refractivity contribution in [1.82, 2.24) is 39.3 Å². The standard InChI is InChI=1S/C35H34N8/c1-23(2)33-25(4)43(32-18-28-21-42(40-35(28)37-24(32)3)20-27-12-9-16-36-19-27)39-34(33)29-13-8-14-31-30(29)22-41(38-31)17-15-26-10-6-5-7-11-26/h5-14,16,18-19,21-23H,15,17,20H2,1-4H3. The van der Waals surface area contributed by atoms with E-state index in [2.05, 4.69) is 102 Å². The van der Waals surface area contributed by atoms with Gasteiger partial charge < -0.3 is 0 Å². The molecule has 0 aliphatic rings. The molecule has 0 bridgehead atoms. The predicted molar refractivity (Wildman–Crippen MR) is 170 cm³/mol. The molecule has 8 nitrogen and oxygen atoms in total. The molecule has 5 heterocycles. The number of benzene rings is 2. The summed E-state index contributed by atoms with van der Waals surface area (Å²) < 4.78 is 6.05. The van der Waals surface area contributed by atoms with Crippen molar-refractivity contribution in [2.45, 2.75) is 53.1 Å². The van der Waals surface area contributed by atoms with Gasteiger partial charge in [0.2, 0.25) is 0 Å². The van der Waals surface area contributed by atoms with Crippen LogP contribution >= 0.6 is 0 Å². The van der Waals surface area contributed by atoms with E-state index in [1.54, 1.807) is 6.20 Å². The SMILES string of the molecule is Cc1nc2nn(Cc3cccnc3)cc2cc1-n1nc(-c2cccc3nn(CCc4ccccc4)cc23)c(C(C)C)c1C. The van der Waals surface area contributed by atoms with Crippen molar-refractivity contribution in [3.63, 3.8) is 0 Å². The van der Waals surface area contributed by atoms with Crippen molar-refractivity contribution in [3.8, 4) is 16.9 Å². The summed E-state index contributed by atoms with van der Waals surface area (Å²) in [5.74, 6) is 0.284. The van der Waals surface area contributed by atoms with Gasteiger partial charge in [-0.25, -0.2) is 9.67 Å². The number of hydrogen-bond donors (Lipinski definition) is 0. The molecule has 0 spiro atoms. The molecule has 0 saturated carbocycles. The molecule has 0 saturated heterocycles. The Bertz CT molecular complexity index is 2050. The number of pyridine rings is 2. The van der Waals surface area contributed by atoms with E-state index in [-0.39, 0.29) is 5.92 Å². The quantitative estimate of drug-likeness (QED) is 0.197. The Morgan fingerprint density at radius 3 is 2.44 bits per heavy atom. The van der Waals surface area contributed by atoms with Gasteiger partial charge >= 0.3 is 0 Å². The number of aryl methyl sites for hydroxylation is 3. The third-order valence-corrected chi connectivity index (χ3v) is 8.07. The lowest BCUT2D eigenvalue weighted by molar-refractivity contribution is 0.621. The van der Waals surface area contributed by atoms with E-state index in [1.807, 2.05) is 30.1 Å². The zero-order valence-corrected chi connectivity index (χ0v) is 24.9. The van der Waals surface area contributed by atoms with Crippen LogP contribution in [0.4, 0.5) is 0 Å². The van der Waals surface area contributed by atoms with Crippen LogP contribution in [0.1, 0.15) is 47.8 Å². The van der Waals surface area contributed by atoms with E-state index in [1.165, 1.54) is 11.1 Å². The number of fused-ring (bicyclic) bond motifs is 2. The monoisotopic (exact) mass is 566 g/mol. The van der Waals surface area contributed by atoms with Gasteiger partial charge in [0.1, 0.15) is 0 Å². The van der Waals surface area contributed by atoms with E-state index in [0.717, 1.165) is 68.8 Å². The van der Waals surface area contributed by atoms with Crippen molar-refractivity contribution in [2.75, 3.05) is 0 Å². The minimum absolute atomic E-state index is 0.284. The first-order chi connectivity index (χ1) is 20.9. The molecule has 7 aromatic rings. The third-order valence-electron chi connectivity index (χ3n) is 8.07. The molecule has 2 aromatic carbocycles. The molecule has 0 N–H and O–H groups in total. The topological polar surface area (TPSA) is 79.2 Å². The molecular weight excluding hydrogens is 532 g/mol. The fourth-order valence-corrected chi connectivity index (χ4v) is 6.00. The lowest BCUT2D eigenvalue weighted by Crippen LogP contribution is -2.04. The lowest BCUT2D eigenvalue weighted by atomic mass is 9.95. The van der Waals surface area contributed by atoms with E-state index in [9.17, 15) is 0 Å². The minimum Gasteiger partial charge on any atom is -0.271 e. The molecule has 0 fully saturated rings. The summed E-state index contributed by atoms with van der Waals surface area (Å²) in [4.78, 5) is 9.12. The molecule has 214 valence electrons. The molecule has 0 amide bonds. The Hall–Kier alpha value is -5.11. The minimum atomic E-state index is 0.284. The van der Waals surface area contributed by atoms with Gasteiger partial charge in [0.05, 0.1) is 29.1 Å². The highest BCUT2D eigenvalue weighted by molar-refractivity contribution is 5.94. The summed E-state index contributed by atoms with van der Waals surface area (Å²) >= 11 is 0. The third kappa shape index (κ3) is 5.09. The Kier molecular flexibility index (Phi) is 6.81. The summed E-state index contributed by atoms with van der Waals surface area (Å²) in [7, 11) is 0. The van der Waals surface area contributed by atoms with Gasteiger partial charge in [0, 0.05) is 58.9 Å². The van der Waals surface area contributed by atoms with Gasteiger partial charge in [-0.05, 0) is 55.5 Å². The van der Waals surface area contributed by atoms with Crippen LogP contribution in [-0.4, -0.2) is 39.3 Å². The van der Waals surface area contributed by atoms with Crippen molar-refractivity contribution < 1.29 is 0 Å². The summed E-state index contributed by atoms with van der Waals surface area (Å²) in [5.41, 5.74) is 10.4. The average molecular weight is 567 g/mol. The number of nitrogens with zero attached hydrogens (tertiary/aromatic N) is 8. The van der Waals surface area contributed by atoms with E-state index < -0.39 is 0 Å². The second-order valence-corrected chi connectivity index (χ2v) is 11.5. The highest BCUT2D eigenvalue weighted by Gasteiger charge is 2.23. The Morgan fingerprint density at radius 2 is 1.65 bits per heavy atom. The molecule has 43 heavy (non-hydrogen) atoms. The molecule has 0 unspecified atom stereocenters. The summed E-state index contributed by atoms with van der Waals surface area (Å²) in [6, 6.07) is 23.0. The molecule has 0 aliphatic heterocycles. The van der Waals surface area contributed by atoms with Crippen LogP contribution in [0.3, 0.4) is 0 Å². The zero-order chi connectivity index (χ0) is 29.5. The molecule has 0 aliphatic carbocycles. The molecule has 0 radical (unpaired) electrons. The van der Waals surface area contributed by atoms with Gasteiger partial charge in [0.25, 0.3) is 0 Å². The smallest absolute Gasteiger partial charge is 0.181 e. The maximum absolute atomic E-state index is 5.27. The van der Waals surface area contributed by atoms with Crippen LogP contribution in [-0.2, 0) is 19.5 Å². The number of rotatable bonds is 8. The summed E-state index contributed by atoms with van der Waals surface area (Å²) in [5, 5.41) is 17.0. The molecule has 8 heteroatoms. The van der Waals surface area contributed by atoms with Gasteiger partial charge in [-0.2, -0.15) is 15.3 Å². The Labute approximate surface area is 250 Å². The first-order valence-electron chi connectivity index (χ1n) is 14.8. The van der Waals surface area contributed by atoms with Gasteiger partial charge in [-0.3, -0.25) is 14.3 Å². The summed E-state index contributed by atoms with van der Waals surface area (Å²) in [6.07, 6.45) is 8.80. The average Bonchev–Trinajstić information content (AvgIpc) is 3.70. The first kappa shape index (κ1) is 26.8. The van der Waals surface area contributed by atoms with Crippen molar-refractivity contribution >= 4 is 21.9 Å². The van der Waals surface area contributed by atoms with Crippen LogP contribution in [0, 0.1) is 13.8 Å². The fourth-order valence-electron chi connectivity index (χ4n) is 6.00. The van der Waals surface area contributed by atoms with Crippen molar-refractivity contribution in [2.24, 2.45) is 0 Å². The van der Waals surface area contributed by atoms with Crippen LogP contribution < -0.4 is 0 Å². The Morgan fingerprint density at radius 1 is 0.814 bits per heavy atom. The normalized spacial score (nSPS) is 11.7. The lowest BCUT2D eigenvalue weighted by Gasteiger charge is -2.10. The predicted octanol–water partition coefficient (Wildman–Crippen LogP) is 7.06. The largest absolute Gasteiger partial charge is 0.271 e. The van der Waals surface area contributed by atoms with E-state index in [0.29, 0.717) is 6.54 Å². The first-order valence-corrected chi connectivity index (χ1v) is 14.8. The number of aromatic nitrogens is 8. The van der Waals surface area contributed by atoms with Gasteiger partial charge in [0.15, 0.2) is 5.65 Å². The highest BCUT2D eigenvalue weighted by Crippen LogP contribution is 2.36. The van der Waals surface area contributed by atoms with Crippen LogP contribution in [0.15, 0.2) is 91.5 Å². The molecular formula is C35H34N8. The van der Waals surface area contributed by atoms with Crippen LogP contribution in [0.5, 0.6) is 0 Å². The fraction of sp³-hybridized carbons (Fsp3) is 0.229. The second-order valence-electron chi connectivity index (χ2n) is 11.5.